The van der Waals surface area contributed by atoms with Crippen molar-refractivity contribution < 1.29 is 13.2 Å². The van der Waals surface area contributed by atoms with Crippen molar-refractivity contribution in [3.05, 3.63) is 29.8 Å². The summed E-state index contributed by atoms with van der Waals surface area (Å²) in [6.07, 6.45) is 2.11. The van der Waals surface area contributed by atoms with Gasteiger partial charge in [-0.3, -0.25) is 0 Å². The lowest BCUT2D eigenvalue weighted by Crippen LogP contribution is -2.21. The summed E-state index contributed by atoms with van der Waals surface area (Å²) in [4.78, 5) is 0. The van der Waals surface area contributed by atoms with Crippen LogP contribution in [0.3, 0.4) is 0 Å². The number of benzene rings is 1. The van der Waals surface area contributed by atoms with E-state index in [0.29, 0.717) is 13.2 Å². The summed E-state index contributed by atoms with van der Waals surface area (Å²) in [5.41, 5.74) is 0.911. The smallest absolute Gasteiger partial charge is 0.209 e. The molecule has 1 rings (SSSR count). The van der Waals surface area contributed by atoms with Gasteiger partial charge in [0, 0.05) is 6.54 Å². The minimum absolute atomic E-state index is 0.312. The van der Waals surface area contributed by atoms with Gasteiger partial charge in [-0.15, -0.1) is 0 Å². The Balaban J connectivity index is 2.51. The number of hydrogen-bond donors (Lipinski definition) is 1. The fourth-order valence-corrected chi connectivity index (χ4v) is 1.57. The number of sulfonamides is 1. The maximum atomic E-state index is 10.9. The minimum atomic E-state index is -3.13. The van der Waals surface area contributed by atoms with Crippen LogP contribution < -0.4 is 9.46 Å². The highest BCUT2D eigenvalue weighted by Gasteiger charge is 2.01. The molecule has 0 aliphatic rings. The monoisotopic (exact) mass is 243 g/mol. The van der Waals surface area contributed by atoms with E-state index in [-0.39, 0.29) is 0 Å². The van der Waals surface area contributed by atoms with Gasteiger partial charge in [-0.2, -0.15) is 0 Å². The Labute approximate surface area is 96.7 Å². The fourth-order valence-electron chi connectivity index (χ4n) is 1.14. The second kappa shape index (κ2) is 5.86. The summed E-state index contributed by atoms with van der Waals surface area (Å²) in [5, 5.41) is 0. The van der Waals surface area contributed by atoms with Gasteiger partial charge in [-0.1, -0.05) is 19.1 Å². The first-order chi connectivity index (χ1) is 7.51. The largest absolute Gasteiger partial charge is 0.494 e. The molecular weight excluding hydrogens is 226 g/mol. The molecule has 0 radical (unpaired) electrons. The Kier molecular flexibility index (Phi) is 4.76. The van der Waals surface area contributed by atoms with Crippen LogP contribution in [0.25, 0.3) is 0 Å². The standard InChI is InChI=1S/C11H17NO3S/c1-3-8-15-11-6-4-10(5-7-11)9-12-16(2,13)14/h4-7,12H,3,8-9H2,1-2H3. The van der Waals surface area contributed by atoms with Crippen molar-refractivity contribution in [3.8, 4) is 5.75 Å². The van der Waals surface area contributed by atoms with Gasteiger partial charge in [0.1, 0.15) is 5.75 Å². The first-order valence-corrected chi connectivity index (χ1v) is 7.07. The highest BCUT2D eigenvalue weighted by Crippen LogP contribution is 2.12. The molecule has 0 heterocycles. The number of hydrogen-bond acceptors (Lipinski definition) is 3. The second-order valence-corrected chi connectivity index (χ2v) is 5.42. The third-order valence-corrected chi connectivity index (χ3v) is 2.60. The molecule has 0 fully saturated rings. The molecule has 0 bridgehead atoms. The van der Waals surface area contributed by atoms with E-state index in [2.05, 4.69) is 4.72 Å². The van der Waals surface area contributed by atoms with Crippen LogP contribution in [0.4, 0.5) is 0 Å². The predicted octanol–water partition coefficient (Wildman–Crippen LogP) is 1.52. The first kappa shape index (κ1) is 13.0. The van der Waals surface area contributed by atoms with Crippen LogP contribution in [-0.2, 0) is 16.6 Å². The Morgan fingerprint density at radius 2 is 1.88 bits per heavy atom. The molecule has 0 unspecified atom stereocenters. The molecule has 1 aromatic carbocycles. The quantitative estimate of drug-likeness (QED) is 0.824. The van der Waals surface area contributed by atoms with E-state index in [1.54, 1.807) is 0 Å². The van der Waals surface area contributed by atoms with E-state index in [4.69, 9.17) is 4.74 Å². The van der Waals surface area contributed by atoms with Gasteiger partial charge < -0.3 is 4.74 Å². The van der Waals surface area contributed by atoms with Gasteiger partial charge in [0.05, 0.1) is 12.9 Å². The second-order valence-electron chi connectivity index (χ2n) is 3.59. The van der Waals surface area contributed by atoms with Crippen LogP contribution in [0.15, 0.2) is 24.3 Å². The van der Waals surface area contributed by atoms with E-state index in [1.165, 1.54) is 0 Å². The summed E-state index contributed by atoms with van der Waals surface area (Å²) in [5.74, 6) is 0.810. The van der Waals surface area contributed by atoms with E-state index >= 15 is 0 Å². The maximum absolute atomic E-state index is 10.9. The Bertz CT molecular complexity index is 411. The molecule has 5 heteroatoms. The fraction of sp³-hybridized carbons (Fsp3) is 0.455. The van der Waals surface area contributed by atoms with Gasteiger partial charge in [0.2, 0.25) is 10.0 Å². The first-order valence-electron chi connectivity index (χ1n) is 5.17. The molecule has 0 spiro atoms. The van der Waals surface area contributed by atoms with E-state index in [0.717, 1.165) is 24.0 Å². The molecule has 1 N–H and O–H groups in total. The predicted molar refractivity (Wildman–Crippen MR) is 63.9 cm³/mol. The summed E-state index contributed by atoms with van der Waals surface area (Å²) in [6, 6.07) is 7.39. The zero-order chi connectivity index (χ0) is 12.0. The van der Waals surface area contributed by atoms with E-state index in [1.807, 2.05) is 31.2 Å². The van der Waals surface area contributed by atoms with Crippen LogP contribution in [0.1, 0.15) is 18.9 Å². The summed E-state index contributed by atoms with van der Waals surface area (Å²) in [6.45, 7) is 3.05. The molecule has 0 atom stereocenters. The molecule has 90 valence electrons. The van der Waals surface area contributed by atoms with Crippen LogP contribution in [0.5, 0.6) is 5.75 Å². The lowest BCUT2D eigenvalue weighted by atomic mass is 10.2. The van der Waals surface area contributed by atoms with Gasteiger partial charge in [-0.05, 0) is 24.1 Å². The lowest BCUT2D eigenvalue weighted by molar-refractivity contribution is 0.317. The molecule has 0 aliphatic heterocycles. The highest BCUT2D eigenvalue weighted by molar-refractivity contribution is 7.88. The van der Waals surface area contributed by atoms with Crippen LogP contribution >= 0.6 is 0 Å². The maximum Gasteiger partial charge on any atom is 0.209 e. The Morgan fingerprint density at radius 3 is 2.38 bits per heavy atom. The van der Waals surface area contributed by atoms with Crippen molar-refractivity contribution in [2.45, 2.75) is 19.9 Å². The van der Waals surface area contributed by atoms with Crippen molar-refractivity contribution in [2.75, 3.05) is 12.9 Å². The summed E-state index contributed by atoms with van der Waals surface area (Å²) >= 11 is 0. The van der Waals surface area contributed by atoms with Crippen molar-refractivity contribution in [1.29, 1.82) is 0 Å². The molecule has 0 saturated carbocycles. The van der Waals surface area contributed by atoms with Crippen LogP contribution in [0.2, 0.25) is 0 Å². The lowest BCUT2D eigenvalue weighted by Gasteiger charge is -2.06. The molecular formula is C11H17NO3S. The van der Waals surface area contributed by atoms with Crippen molar-refractivity contribution in [3.63, 3.8) is 0 Å². The molecule has 0 aromatic heterocycles. The van der Waals surface area contributed by atoms with E-state index < -0.39 is 10.0 Å². The molecule has 0 saturated heterocycles. The number of ether oxygens (including phenoxy) is 1. The third kappa shape index (κ3) is 5.14. The Hall–Kier alpha value is -1.07. The van der Waals surface area contributed by atoms with Gasteiger partial charge >= 0.3 is 0 Å². The third-order valence-electron chi connectivity index (χ3n) is 1.93. The van der Waals surface area contributed by atoms with Crippen LogP contribution in [-0.4, -0.2) is 21.3 Å². The highest BCUT2D eigenvalue weighted by atomic mass is 32.2. The Morgan fingerprint density at radius 1 is 1.25 bits per heavy atom. The molecule has 4 nitrogen and oxygen atoms in total. The minimum Gasteiger partial charge on any atom is -0.494 e. The molecule has 0 aliphatic carbocycles. The zero-order valence-electron chi connectivity index (χ0n) is 9.56. The SMILES string of the molecule is CCCOc1ccc(CNS(C)(=O)=O)cc1. The average Bonchev–Trinajstić information content (AvgIpc) is 2.24. The van der Waals surface area contributed by atoms with Crippen LogP contribution in [0, 0.1) is 0 Å². The van der Waals surface area contributed by atoms with Crippen molar-refractivity contribution in [1.82, 2.24) is 4.72 Å². The molecule has 16 heavy (non-hydrogen) atoms. The van der Waals surface area contributed by atoms with E-state index in [9.17, 15) is 8.42 Å². The summed E-state index contributed by atoms with van der Waals surface area (Å²) < 4.78 is 29.6. The van der Waals surface area contributed by atoms with Gasteiger partial charge in [-0.25, -0.2) is 13.1 Å². The van der Waals surface area contributed by atoms with Crippen molar-refractivity contribution in [2.24, 2.45) is 0 Å². The topological polar surface area (TPSA) is 55.4 Å². The average molecular weight is 243 g/mol. The molecule has 0 amide bonds. The number of nitrogens with one attached hydrogen (secondary N) is 1. The van der Waals surface area contributed by atoms with Gasteiger partial charge in [0.25, 0.3) is 0 Å². The summed E-state index contributed by atoms with van der Waals surface area (Å²) in [7, 11) is -3.13. The normalized spacial score (nSPS) is 11.4. The number of rotatable bonds is 6. The zero-order valence-corrected chi connectivity index (χ0v) is 10.4. The van der Waals surface area contributed by atoms with Crippen molar-refractivity contribution >= 4 is 10.0 Å². The molecule has 1 aromatic rings. The van der Waals surface area contributed by atoms with Gasteiger partial charge in [0.15, 0.2) is 0 Å².